The molecule has 3 aromatic carbocycles. The minimum absolute atomic E-state index is 0.0171. The smallest absolute Gasteiger partial charge is 0.411 e. The van der Waals surface area contributed by atoms with Crippen LogP contribution in [-0.2, 0) is 31.3 Å². The van der Waals surface area contributed by atoms with Crippen LogP contribution < -0.4 is 33.7 Å². The molecule has 3 aromatic rings. The number of aliphatic carboxylic acids is 1. The van der Waals surface area contributed by atoms with E-state index in [1.807, 2.05) is 0 Å². The zero-order valence-corrected chi connectivity index (χ0v) is 24.3. The summed E-state index contributed by atoms with van der Waals surface area (Å²) >= 11 is 0. The molecule has 1 atom stereocenters. The number of hydrogen-bond acceptors (Lipinski definition) is 11. The van der Waals surface area contributed by atoms with Crippen molar-refractivity contribution >= 4 is 23.6 Å². The minimum atomic E-state index is -2.13. The first-order valence-corrected chi connectivity index (χ1v) is 13.2. The minimum Gasteiger partial charge on any atom is -0.497 e. The Bertz CT molecular complexity index is 1610. The topological polar surface area (TPSA) is 157 Å². The fourth-order valence-corrected chi connectivity index (χ4v) is 5.02. The number of hydrogen-bond donors (Lipinski definition) is 2. The summed E-state index contributed by atoms with van der Waals surface area (Å²) in [5.74, 6) is -1.75. The number of carboxylic acids is 1. The van der Waals surface area contributed by atoms with Crippen molar-refractivity contribution in [3.8, 4) is 34.5 Å². The van der Waals surface area contributed by atoms with Crippen molar-refractivity contribution < 1.29 is 57.4 Å². The van der Waals surface area contributed by atoms with Gasteiger partial charge in [-0.05, 0) is 59.7 Å². The molecule has 0 bridgehead atoms. The SMILES string of the molecule is COc1ccc(C2(OC(=O)NCC(=O)O)OC(=O)C(c3ccc4c(c3)OCO4)=C2Cc2cc(OC)c(OC)c(OC)c2)cc1. The van der Waals surface area contributed by atoms with Gasteiger partial charge in [0.15, 0.2) is 23.0 Å². The molecule has 1 amide bonds. The van der Waals surface area contributed by atoms with Gasteiger partial charge in [-0.25, -0.2) is 9.59 Å². The number of nitrogens with one attached hydrogen (secondary N) is 1. The van der Waals surface area contributed by atoms with E-state index >= 15 is 0 Å². The van der Waals surface area contributed by atoms with Crippen LogP contribution in [-0.4, -0.2) is 64.9 Å². The highest BCUT2D eigenvalue weighted by Gasteiger charge is 2.53. The van der Waals surface area contributed by atoms with E-state index in [2.05, 4.69) is 5.32 Å². The van der Waals surface area contributed by atoms with E-state index in [0.29, 0.717) is 45.6 Å². The van der Waals surface area contributed by atoms with Gasteiger partial charge in [-0.15, -0.1) is 0 Å². The Morgan fingerprint density at radius 1 is 0.886 bits per heavy atom. The van der Waals surface area contributed by atoms with E-state index in [1.165, 1.54) is 28.4 Å². The van der Waals surface area contributed by atoms with Gasteiger partial charge in [-0.2, -0.15) is 0 Å². The third-order valence-corrected chi connectivity index (χ3v) is 7.00. The summed E-state index contributed by atoms with van der Waals surface area (Å²) in [4.78, 5) is 38.1. The molecule has 2 N–H and O–H groups in total. The number of alkyl carbamates (subject to hydrolysis) is 1. The van der Waals surface area contributed by atoms with Gasteiger partial charge in [0.2, 0.25) is 12.5 Å². The number of ether oxygens (including phenoxy) is 8. The molecular weight excluding hydrogens is 578 g/mol. The van der Waals surface area contributed by atoms with E-state index in [9.17, 15) is 14.4 Å². The van der Waals surface area contributed by atoms with Crippen LogP contribution in [0.15, 0.2) is 60.2 Å². The number of fused-ring (bicyclic) bond motifs is 1. The van der Waals surface area contributed by atoms with Crippen LogP contribution in [0.2, 0.25) is 0 Å². The van der Waals surface area contributed by atoms with Gasteiger partial charge in [0.25, 0.3) is 0 Å². The molecule has 2 aliphatic heterocycles. The highest BCUT2D eigenvalue weighted by molar-refractivity contribution is 6.20. The molecule has 2 heterocycles. The summed E-state index contributed by atoms with van der Waals surface area (Å²) in [7, 11) is 5.90. The van der Waals surface area contributed by atoms with E-state index in [0.717, 1.165) is 0 Å². The second-order valence-electron chi connectivity index (χ2n) is 9.50. The molecule has 2 aliphatic rings. The normalized spacial score (nSPS) is 16.7. The number of carbonyl (C=O) groups is 3. The second kappa shape index (κ2) is 12.3. The maximum Gasteiger partial charge on any atom is 0.411 e. The highest BCUT2D eigenvalue weighted by Crippen LogP contribution is 2.50. The second-order valence-corrected chi connectivity index (χ2v) is 9.50. The van der Waals surface area contributed by atoms with Crippen LogP contribution >= 0.6 is 0 Å². The van der Waals surface area contributed by atoms with Crippen molar-refractivity contribution in [2.24, 2.45) is 0 Å². The molecule has 0 spiro atoms. The lowest BCUT2D eigenvalue weighted by Crippen LogP contribution is -2.41. The number of carbonyl (C=O) groups excluding carboxylic acids is 2. The monoisotopic (exact) mass is 607 g/mol. The molecule has 13 heteroatoms. The van der Waals surface area contributed by atoms with Crippen molar-refractivity contribution in [2.75, 3.05) is 41.8 Å². The molecule has 230 valence electrons. The van der Waals surface area contributed by atoms with Gasteiger partial charge in [0.05, 0.1) is 34.0 Å². The molecule has 1 unspecified atom stereocenters. The van der Waals surface area contributed by atoms with Crippen LogP contribution in [0.3, 0.4) is 0 Å². The predicted molar refractivity (Wildman–Crippen MR) is 152 cm³/mol. The molecule has 0 saturated carbocycles. The molecular formula is C31H29NO12. The zero-order valence-electron chi connectivity index (χ0n) is 24.3. The fourth-order valence-electron chi connectivity index (χ4n) is 5.02. The van der Waals surface area contributed by atoms with Gasteiger partial charge >= 0.3 is 23.8 Å². The summed E-state index contributed by atoms with van der Waals surface area (Å²) in [6.07, 6.45) is -1.16. The van der Waals surface area contributed by atoms with Gasteiger partial charge in [0.1, 0.15) is 12.3 Å². The molecule has 5 rings (SSSR count). The largest absolute Gasteiger partial charge is 0.497 e. The fraction of sp³-hybridized carbons (Fsp3) is 0.258. The molecule has 0 aliphatic carbocycles. The maximum absolute atomic E-state index is 13.8. The number of benzene rings is 3. The number of rotatable bonds is 11. The average molecular weight is 608 g/mol. The van der Waals surface area contributed by atoms with Crippen LogP contribution in [0.1, 0.15) is 16.7 Å². The van der Waals surface area contributed by atoms with Crippen LogP contribution in [0.5, 0.6) is 34.5 Å². The molecule has 44 heavy (non-hydrogen) atoms. The van der Waals surface area contributed by atoms with Gasteiger partial charge in [0, 0.05) is 17.6 Å². The summed E-state index contributed by atoms with van der Waals surface area (Å²) < 4.78 is 44.6. The van der Waals surface area contributed by atoms with E-state index in [-0.39, 0.29) is 29.9 Å². The Kier molecular flexibility index (Phi) is 8.38. The lowest BCUT2D eigenvalue weighted by atomic mass is 9.87. The maximum atomic E-state index is 13.8. The van der Waals surface area contributed by atoms with Crippen LogP contribution in [0.4, 0.5) is 4.79 Å². The predicted octanol–water partition coefficient (Wildman–Crippen LogP) is 3.67. The summed E-state index contributed by atoms with van der Waals surface area (Å²) in [6.45, 7) is -0.713. The number of esters is 1. The summed E-state index contributed by atoms with van der Waals surface area (Å²) in [5, 5.41) is 11.3. The Hall–Kier alpha value is -5.59. The Balaban J connectivity index is 1.74. The first kappa shape index (κ1) is 29.9. The number of amides is 1. The van der Waals surface area contributed by atoms with Crippen LogP contribution in [0, 0.1) is 0 Å². The molecule has 0 aromatic heterocycles. The van der Waals surface area contributed by atoms with Crippen molar-refractivity contribution in [2.45, 2.75) is 12.2 Å². The van der Waals surface area contributed by atoms with Crippen molar-refractivity contribution in [3.05, 3.63) is 76.9 Å². The van der Waals surface area contributed by atoms with Crippen molar-refractivity contribution in [1.29, 1.82) is 0 Å². The molecule has 13 nitrogen and oxygen atoms in total. The summed E-state index contributed by atoms with van der Waals surface area (Å²) in [6, 6.07) is 14.7. The number of carboxylic acid groups (broad SMARTS) is 1. The molecule has 0 fully saturated rings. The lowest BCUT2D eigenvalue weighted by molar-refractivity contribution is -0.185. The number of methoxy groups -OCH3 is 4. The van der Waals surface area contributed by atoms with Crippen LogP contribution in [0.25, 0.3) is 5.57 Å². The van der Waals surface area contributed by atoms with E-state index < -0.39 is 30.4 Å². The van der Waals surface area contributed by atoms with E-state index in [4.69, 9.17) is 43.0 Å². The van der Waals surface area contributed by atoms with Gasteiger partial charge in [-0.3, -0.25) is 4.79 Å². The third-order valence-electron chi connectivity index (χ3n) is 7.00. The number of cyclic esters (lactones) is 1. The molecule has 0 saturated heterocycles. The first-order chi connectivity index (χ1) is 21.2. The zero-order chi connectivity index (χ0) is 31.4. The van der Waals surface area contributed by atoms with Gasteiger partial charge in [-0.1, -0.05) is 6.07 Å². The lowest BCUT2D eigenvalue weighted by Gasteiger charge is -2.31. The Morgan fingerprint density at radius 3 is 2.18 bits per heavy atom. The molecule has 0 radical (unpaired) electrons. The highest BCUT2D eigenvalue weighted by atomic mass is 16.7. The first-order valence-electron chi connectivity index (χ1n) is 13.2. The Labute approximate surface area is 251 Å². The third kappa shape index (κ3) is 5.59. The quantitative estimate of drug-likeness (QED) is 0.305. The summed E-state index contributed by atoms with van der Waals surface area (Å²) in [5.41, 5.74) is 1.57. The van der Waals surface area contributed by atoms with Gasteiger partial charge < -0.3 is 48.3 Å². The van der Waals surface area contributed by atoms with Crippen molar-refractivity contribution in [3.63, 3.8) is 0 Å². The standard InChI is InChI=1S/C31H29NO12/c1-37-20-8-6-19(7-9-20)31(44-30(36)32-15-26(33)34)21(11-17-12-24(38-2)28(40-4)25(13-17)39-3)27(29(35)43-31)18-5-10-22-23(14-18)42-16-41-22/h5-10,12-14H,11,15-16H2,1-4H3,(H,32,36)(H,33,34). The van der Waals surface area contributed by atoms with Crippen molar-refractivity contribution in [1.82, 2.24) is 5.32 Å². The Morgan fingerprint density at radius 2 is 1.57 bits per heavy atom. The van der Waals surface area contributed by atoms with E-state index in [1.54, 1.807) is 54.6 Å². The average Bonchev–Trinajstić information content (AvgIpc) is 3.61.